The molecule has 6 heteroatoms. The van der Waals surface area contributed by atoms with Crippen LogP contribution in [0, 0.1) is 0 Å². The summed E-state index contributed by atoms with van der Waals surface area (Å²) < 4.78 is 5.48. The van der Waals surface area contributed by atoms with E-state index in [-0.39, 0.29) is 36.7 Å². The van der Waals surface area contributed by atoms with E-state index in [4.69, 9.17) is 10.5 Å². The summed E-state index contributed by atoms with van der Waals surface area (Å²) >= 11 is 0. The predicted octanol–water partition coefficient (Wildman–Crippen LogP) is 2.52. The van der Waals surface area contributed by atoms with Crippen molar-refractivity contribution >= 4 is 24.1 Å². The van der Waals surface area contributed by atoms with Gasteiger partial charge in [-0.25, -0.2) is 0 Å². The molecule has 2 aromatic rings. The molecule has 0 saturated heterocycles. The third-order valence-electron chi connectivity index (χ3n) is 3.91. The van der Waals surface area contributed by atoms with E-state index in [9.17, 15) is 9.59 Å². The van der Waals surface area contributed by atoms with Crippen LogP contribution in [0.1, 0.15) is 22.8 Å². The van der Waals surface area contributed by atoms with E-state index in [0.29, 0.717) is 23.4 Å². The molecule has 2 N–H and O–H groups in total. The molecule has 134 valence electrons. The molecule has 0 aliphatic carbocycles. The zero-order valence-electron chi connectivity index (χ0n) is 14.3. The summed E-state index contributed by atoms with van der Waals surface area (Å²) in [7, 11) is 1.70. The second kappa shape index (κ2) is 9.81. The highest BCUT2D eigenvalue weighted by Crippen LogP contribution is 2.15. The van der Waals surface area contributed by atoms with Crippen molar-refractivity contribution in [2.24, 2.45) is 5.73 Å². The SMILES string of the molecule is CC(CN)N(C)C(=O)COc1ccc(C(=O)c2ccccc2)cc1.Cl. The first kappa shape index (κ1) is 20.7. The summed E-state index contributed by atoms with van der Waals surface area (Å²) in [6.07, 6.45) is 0. The van der Waals surface area contributed by atoms with Crippen molar-refractivity contribution in [3.63, 3.8) is 0 Å². The van der Waals surface area contributed by atoms with Gasteiger partial charge in [-0.1, -0.05) is 30.3 Å². The van der Waals surface area contributed by atoms with Crippen LogP contribution < -0.4 is 10.5 Å². The van der Waals surface area contributed by atoms with Crippen LogP contribution in [0.5, 0.6) is 5.75 Å². The second-order valence-electron chi connectivity index (χ2n) is 5.60. The van der Waals surface area contributed by atoms with Crippen LogP contribution in [0.2, 0.25) is 0 Å². The van der Waals surface area contributed by atoms with Gasteiger partial charge in [0.25, 0.3) is 5.91 Å². The Hall–Kier alpha value is -2.37. The number of nitrogens with zero attached hydrogens (tertiary/aromatic N) is 1. The zero-order chi connectivity index (χ0) is 17.5. The standard InChI is InChI=1S/C19H22N2O3.ClH/c1-14(12-20)21(2)18(22)13-24-17-10-8-16(9-11-17)19(23)15-6-4-3-5-7-15;/h3-11,14H,12-13,20H2,1-2H3;1H. The van der Waals surface area contributed by atoms with E-state index in [2.05, 4.69) is 0 Å². The maximum Gasteiger partial charge on any atom is 0.260 e. The third kappa shape index (κ3) is 5.59. The molecule has 0 aromatic heterocycles. The first-order chi connectivity index (χ1) is 11.5. The Bertz CT molecular complexity index is 690. The molecule has 5 nitrogen and oxygen atoms in total. The molecule has 0 aliphatic rings. The Morgan fingerprint density at radius 2 is 1.60 bits per heavy atom. The number of hydrogen-bond acceptors (Lipinski definition) is 4. The number of carbonyl (C=O) groups excluding carboxylic acids is 2. The average Bonchev–Trinajstić information content (AvgIpc) is 2.65. The summed E-state index contributed by atoms with van der Waals surface area (Å²) in [4.78, 5) is 25.8. The van der Waals surface area contributed by atoms with E-state index >= 15 is 0 Å². The normalized spacial score (nSPS) is 11.2. The van der Waals surface area contributed by atoms with Crippen LogP contribution in [0.15, 0.2) is 54.6 Å². The van der Waals surface area contributed by atoms with Crippen molar-refractivity contribution in [3.05, 3.63) is 65.7 Å². The minimum Gasteiger partial charge on any atom is -0.484 e. The number of benzene rings is 2. The second-order valence-corrected chi connectivity index (χ2v) is 5.60. The van der Waals surface area contributed by atoms with E-state index < -0.39 is 0 Å². The summed E-state index contributed by atoms with van der Waals surface area (Å²) in [5.74, 6) is 0.355. The molecule has 0 fully saturated rings. The van der Waals surface area contributed by atoms with Gasteiger partial charge in [0.1, 0.15) is 5.75 Å². The topological polar surface area (TPSA) is 72.6 Å². The minimum atomic E-state index is -0.141. The summed E-state index contributed by atoms with van der Waals surface area (Å²) in [6, 6.07) is 15.8. The largest absolute Gasteiger partial charge is 0.484 e. The van der Waals surface area contributed by atoms with Crippen LogP contribution in [0.4, 0.5) is 0 Å². The Kier molecular flexibility index (Phi) is 8.11. The van der Waals surface area contributed by atoms with Crippen molar-refractivity contribution in [1.82, 2.24) is 4.90 Å². The lowest BCUT2D eigenvalue weighted by Crippen LogP contribution is -2.42. The molecule has 0 radical (unpaired) electrons. The number of ketones is 1. The molecule has 0 heterocycles. The van der Waals surface area contributed by atoms with E-state index in [0.717, 1.165) is 0 Å². The molecular formula is C19H23ClN2O3. The number of halogens is 1. The van der Waals surface area contributed by atoms with Gasteiger partial charge >= 0.3 is 0 Å². The molecule has 2 rings (SSSR count). The average molecular weight is 363 g/mol. The quantitative estimate of drug-likeness (QED) is 0.768. The fourth-order valence-electron chi connectivity index (χ4n) is 2.11. The van der Waals surface area contributed by atoms with Gasteiger partial charge in [0, 0.05) is 30.8 Å². The number of ether oxygens (including phenoxy) is 1. The molecule has 0 spiro atoms. The number of amides is 1. The fraction of sp³-hybridized carbons (Fsp3) is 0.263. The van der Waals surface area contributed by atoms with E-state index in [1.807, 2.05) is 25.1 Å². The summed E-state index contributed by atoms with van der Waals surface area (Å²) in [5, 5.41) is 0. The van der Waals surface area contributed by atoms with Gasteiger partial charge in [-0.3, -0.25) is 9.59 Å². The van der Waals surface area contributed by atoms with Gasteiger partial charge in [-0.05, 0) is 31.2 Å². The molecule has 1 unspecified atom stereocenters. The smallest absolute Gasteiger partial charge is 0.260 e. The van der Waals surface area contributed by atoms with Crippen LogP contribution in [0.25, 0.3) is 0 Å². The number of nitrogens with two attached hydrogens (primary N) is 1. The van der Waals surface area contributed by atoms with Gasteiger partial charge in [0.05, 0.1) is 0 Å². The molecule has 0 saturated carbocycles. The Morgan fingerprint density at radius 1 is 1.04 bits per heavy atom. The Labute approximate surface area is 154 Å². The number of likely N-dealkylation sites (N-methyl/N-ethyl adjacent to an activating group) is 1. The highest BCUT2D eigenvalue weighted by Gasteiger charge is 2.15. The van der Waals surface area contributed by atoms with Gasteiger partial charge < -0.3 is 15.4 Å². The summed E-state index contributed by atoms with van der Waals surface area (Å²) in [5.41, 5.74) is 6.76. The molecule has 25 heavy (non-hydrogen) atoms. The first-order valence-corrected chi connectivity index (χ1v) is 7.81. The number of carbonyl (C=O) groups is 2. The first-order valence-electron chi connectivity index (χ1n) is 7.81. The van der Waals surface area contributed by atoms with Crippen molar-refractivity contribution in [2.45, 2.75) is 13.0 Å². The predicted molar refractivity (Wildman–Crippen MR) is 100 cm³/mol. The van der Waals surface area contributed by atoms with Gasteiger partial charge in [-0.2, -0.15) is 0 Å². The third-order valence-corrected chi connectivity index (χ3v) is 3.91. The van der Waals surface area contributed by atoms with Crippen LogP contribution in [-0.4, -0.2) is 42.8 Å². The van der Waals surface area contributed by atoms with Crippen LogP contribution in [-0.2, 0) is 4.79 Å². The van der Waals surface area contributed by atoms with Gasteiger partial charge in [-0.15, -0.1) is 12.4 Å². The van der Waals surface area contributed by atoms with Crippen molar-refractivity contribution in [1.29, 1.82) is 0 Å². The molecule has 1 atom stereocenters. The Morgan fingerprint density at radius 3 is 2.16 bits per heavy atom. The van der Waals surface area contributed by atoms with Crippen molar-refractivity contribution in [3.8, 4) is 5.75 Å². The maximum absolute atomic E-state index is 12.3. The minimum absolute atomic E-state index is 0. The molecular weight excluding hydrogens is 340 g/mol. The number of hydrogen-bond donors (Lipinski definition) is 1. The lowest BCUT2D eigenvalue weighted by molar-refractivity contribution is -0.133. The molecule has 2 aromatic carbocycles. The van der Waals surface area contributed by atoms with Crippen LogP contribution >= 0.6 is 12.4 Å². The van der Waals surface area contributed by atoms with Gasteiger partial charge in [0.2, 0.25) is 0 Å². The van der Waals surface area contributed by atoms with E-state index in [1.54, 1.807) is 48.3 Å². The van der Waals surface area contributed by atoms with E-state index in [1.165, 1.54) is 0 Å². The lowest BCUT2D eigenvalue weighted by Gasteiger charge is -2.23. The molecule has 0 aliphatic heterocycles. The van der Waals surface area contributed by atoms with Gasteiger partial charge in [0.15, 0.2) is 12.4 Å². The summed E-state index contributed by atoms with van der Waals surface area (Å²) in [6.45, 7) is 2.22. The monoisotopic (exact) mass is 362 g/mol. The molecule has 0 bridgehead atoms. The zero-order valence-corrected chi connectivity index (χ0v) is 15.2. The van der Waals surface area contributed by atoms with Crippen LogP contribution in [0.3, 0.4) is 0 Å². The highest BCUT2D eigenvalue weighted by atomic mass is 35.5. The maximum atomic E-state index is 12.3. The number of rotatable bonds is 7. The Balaban J connectivity index is 0.00000312. The van der Waals surface area contributed by atoms with Crippen molar-refractivity contribution < 1.29 is 14.3 Å². The van der Waals surface area contributed by atoms with Crippen molar-refractivity contribution in [2.75, 3.05) is 20.2 Å². The fourth-order valence-corrected chi connectivity index (χ4v) is 2.11. The highest BCUT2D eigenvalue weighted by molar-refractivity contribution is 6.08. The molecule has 1 amide bonds. The lowest BCUT2D eigenvalue weighted by atomic mass is 10.0.